The van der Waals surface area contributed by atoms with Crippen LogP contribution in [0.2, 0.25) is 0 Å². The fraction of sp³-hybridized carbons (Fsp3) is 0.100. The summed E-state index contributed by atoms with van der Waals surface area (Å²) in [6.45, 7) is 0. The van der Waals surface area contributed by atoms with Gasteiger partial charge in [-0.1, -0.05) is 18.2 Å². The third-order valence-corrected chi connectivity index (χ3v) is 5.59. The van der Waals surface area contributed by atoms with E-state index >= 15 is 0 Å². The predicted octanol–water partition coefficient (Wildman–Crippen LogP) is 5.24. The zero-order valence-corrected chi connectivity index (χ0v) is 15.5. The van der Waals surface area contributed by atoms with E-state index in [1.807, 2.05) is 42.6 Å². The minimum atomic E-state index is -0.305. The van der Waals surface area contributed by atoms with Gasteiger partial charge in [0, 0.05) is 33.6 Å². The second-order valence-corrected chi connectivity index (χ2v) is 7.51. The third kappa shape index (κ3) is 5.61. The van der Waals surface area contributed by atoms with Crippen LogP contribution >= 0.6 is 23.5 Å². The van der Waals surface area contributed by atoms with Crippen LogP contribution in [0.3, 0.4) is 0 Å². The number of carbonyl (C=O) groups is 1. The van der Waals surface area contributed by atoms with E-state index in [2.05, 4.69) is 10.3 Å². The molecule has 0 saturated carbocycles. The van der Waals surface area contributed by atoms with Gasteiger partial charge in [-0.05, 0) is 48.0 Å². The summed E-state index contributed by atoms with van der Waals surface area (Å²) in [5.41, 5.74) is 1.90. The van der Waals surface area contributed by atoms with Crippen molar-refractivity contribution in [3.63, 3.8) is 0 Å². The van der Waals surface area contributed by atoms with Gasteiger partial charge in [-0.25, -0.2) is 4.39 Å². The van der Waals surface area contributed by atoms with Crippen molar-refractivity contribution >= 4 is 35.1 Å². The molecule has 0 bridgehead atoms. The summed E-state index contributed by atoms with van der Waals surface area (Å²) >= 11 is 2.90. The lowest BCUT2D eigenvalue weighted by Gasteiger charge is -2.07. The molecule has 0 unspecified atom stereocenters. The van der Waals surface area contributed by atoms with Crippen molar-refractivity contribution in [1.82, 2.24) is 4.98 Å². The Morgan fingerprint density at radius 1 is 1.00 bits per heavy atom. The van der Waals surface area contributed by atoms with Crippen LogP contribution in [0.1, 0.15) is 5.56 Å². The summed E-state index contributed by atoms with van der Waals surface area (Å²) in [6, 6.07) is 18.1. The Hall–Kier alpha value is -2.31. The van der Waals surface area contributed by atoms with Gasteiger partial charge in [0.2, 0.25) is 5.91 Å². The van der Waals surface area contributed by atoms with Crippen LogP contribution in [0.5, 0.6) is 0 Å². The summed E-state index contributed by atoms with van der Waals surface area (Å²) in [4.78, 5) is 17.7. The first kappa shape index (κ1) is 18.5. The number of halogens is 1. The number of amides is 1. The van der Waals surface area contributed by atoms with Crippen molar-refractivity contribution in [2.24, 2.45) is 0 Å². The van der Waals surface area contributed by atoms with E-state index in [4.69, 9.17) is 0 Å². The summed E-state index contributed by atoms with van der Waals surface area (Å²) in [5.74, 6) is 0.548. The summed E-state index contributed by atoms with van der Waals surface area (Å²) < 4.78 is 13.5. The monoisotopic (exact) mass is 384 g/mol. The number of carbonyl (C=O) groups excluding carboxylic acids is 1. The number of nitrogens with one attached hydrogen (secondary N) is 1. The lowest BCUT2D eigenvalue weighted by Crippen LogP contribution is -2.13. The van der Waals surface area contributed by atoms with Crippen LogP contribution in [0, 0.1) is 5.82 Å². The minimum Gasteiger partial charge on any atom is -0.325 e. The van der Waals surface area contributed by atoms with E-state index in [1.165, 1.54) is 23.4 Å². The minimum absolute atomic E-state index is 0.158. The summed E-state index contributed by atoms with van der Waals surface area (Å²) in [5, 5.41) is 2.83. The average molecular weight is 385 g/mol. The first-order chi connectivity index (χ1) is 12.7. The summed E-state index contributed by atoms with van der Waals surface area (Å²) in [6.07, 6.45) is 3.62. The van der Waals surface area contributed by atoms with Crippen LogP contribution in [-0.2, 0) is 10.5 Å². The highest BCUT2D eigenvalue weighted by atomic mass is 32.2. The largest absolute Gasteiger partial charge is 0.325 e. The molecule has 26 heavy (non-hydrogen) atoms. The van der Waals surface area contributed by atoms with Crippen molar-refractivity contribution in [2.75, 3.05) is 11.1 Å². The van der Waals surface area contributed by atoms with E-state index in [-0.39, 0.29) is 17.5 Å². The summed E-state index contributed by atoms with van der Waals surface area (Å²) in [7, 11) is 0. The van der Waals surface area contributed by atoms with Crippen LogP contribution < -0.4 is 5.32 Å². The molecule has 1 amide bonds. The number of nitrogens with zero attached hydrogens (tertiary/aromatic N) is 1. The van der Waals surface area contributed by atoms with Crippen LogP contribution in [-0.4, -0.2) is 16.6 Å². The maximum atomic E-state index is 13.5. The van der Waals surface area contributed by atoms with Crippen molar-refractivity contribution in [1.29, 1.82) is 0 Å². The lowest BCUT2D eigenvalue weighted by molar-refractivity contribution is -0.113. The molecule has 2 aromatic carbocycles. The Morgan fingerprint density at radius 2 is 1.81 bits per heavy atom. The van der Waals surface area contributed by atoms with Gasteiger partial charge in [0.25, 0.3) is 0 Å². The number of anilines is 1. The fourth-order valence-corrected chi connectivity index (χ4v) is 3.76. The molecular formula is C20H17FN2OS2. The fourth-order valence-electron chi connectivity index (χ4n) is 2.19. The molecule has 0 aliphatic carbocycles. The first-order valence-electron chi connectivity index (χ1n) is 7.99. The number of hydrogen-bond donors (Lipinski definition) is 1. The van der Waals surface area contributed by atoms with Gasteiger partial charge in [-0.2, -0.15) is 0 Å². The standard InChI is InChI=1S/C20H17FN2OS2/c21-18-5-1-2-6-19(18)26-14-20(24)23-16-7-9-17(10-8-16)25-13-15-4-3-11-22-12-15/h1-12H,13-14H2,(H,23,24). The highest BCUT2D eigenvalue weighted by Crippen LogP contribution is 2.24. The molecule has 0 aliphatic heterocycles. The Balaban J connectivity index is 1.47. The van der Waals surface area contributed by atoms with Gasteiger partial charge >= 0.3 is 0 Å². The highest BCUT2D eigenvalue weighted by molar-refractivity contribution is 8.00. The number of thioether (sulfide) groups is 2. The smallest absolute Gasteiger partial charge is 0.234 e. The van der Waals surface area contributed by atoms with E-state index < -0.39 is 0 Å². The zero-order valence-electron chi connectivity index (χ0n) is 13.9. The van der Waals surface area contributed by atoms with E-state index in [0.717, 1.165) is 16.3 Å². The molecule has 0 radical (unpaired) electrons. The van der Waals surface area contributed by atoms with Crippen LogP contribution in [0.15, 0.2) is 82.8 Å². The number of pyridine rings is 1. The van der Waals surface area contributed by atoms with Crippen molar-refractivity contribution < 1.29 is 9.18 Å². The molecule has 0 saturated heterocycles. The molecule has 1 N–H and O–H groups in total. The Labute approximate surface area is 160 Å². The van der Waals surface area contributed by atoms with Gasteiger partial charge in [0.05, 0.1) is 5.75 Å². The molecule has 3 rings (SSSR count). The van der Waals surface area contributed by atoms with Crippen molar-refractivity contribution in [2.45, 2.75) is 15.5 Å². The van der Waals surface area contributed by atoms with Gasteiger partial charge in [0.15, 0.2) is 0 Å². The number of rotatable bonds is 7. The molecule has 0 spiro atoms. The number of benzene rings is 2. The Kier molecular flexibility index (Phi) is 6.68. The van der Waals surface area contributed by atoms with Gasteiger partial charge < -0.3 is 5.32 Å². The molecule has 3 nitrogen and oxygen atoms in total. The van der Waals surface area contributed by atoms with Gasteiger partial charge in [0.1, 0.15) is 5.82 Å². The second kappa shape index (κ2) is 9.40. The topological polar surface area (TPSA) is 42.0 Å². The molecule has 3 aromatic rings. The first-order valence-corrected chi connectivity index (χ1v) is 9.97. The SMILES string of the molecule is O=C(CSc1ccccc1F)Nc1ccc(SCc2cccnc2)cc1. The molecular weight excluding hydrogens is 367 g/mol. The highest BCUT2D eigenvalue weighted by Gasteiger charge is 2.07. The molecule has 1 aromatic heterocycles. The zero-order chi connectivity index (χ0) is 18.2. The molecule has 1 heterocycles. The van der Waals surface area contributed by atoms with Crippen LogP contribution in [0.25, 0.3) is 0 Å². The van der Waals surface area contributed by atoms with E-state index in [0.29, 0.717) is 4.90 Å². The number of aromatic nitrogens is 1. The molecule has 0 fully saturated rings. The molecule has 132 valence electrons. The lowest BCUT2D eigenvalue weighted by atomic mass is 10.3. The molecule has 0 atom stereocenters. The van der Waals surface area contributed by atoms with Gasteiger partial charge in [-0.15, -0.1) is 23.5 Å². The Bertz CT molecular complexity index is 857. The Morgan fingerprint density at radius 3 is 2.54 bits per heavy atom. The normalized spacial score (nSPS) is 10.5. The predicted molar refractivity (Wildman–Crippen MR) is 106 cm³/mol. The van der Waals surface area contributed by atoms with Gasteiger partial charge in [-0.3, -0.25) is 9.78 Å². The van der Waals surface area contributed by atoms with E-state index in [1.54, 1.807) is 36.2 Å². The maximum absolute atomic E-state index is 13.5. The number of hydrogen-bond acceptors (Lipinski definition) is 4. The second-order valence-electron chi connectivity index (χ2n) is 5.44. The third-order valence-electron chi connectivity index (χ3n) is 3.46. The molecule has 0 aliphatic rings. The quantitative estimate of drug-likeness (QED) is 0.566. The molecule has 6 heteroatoms. The van der Waals surface area contributed by atoms with Crippen molar-refractivity contribution in [3.05, 3.63) is 84.4 Å². The average Bonchev–Trinajstić information content (AvgIpc) is 2.68. The maximum Gasteiger partial charge on any atom is 0.234 e. The van der Waals surface area contributed by atoms with E-state index in [9.17, 15) is 9.18 Å². The van der Waals surface area contributed by atoms with Crippen LogP contribution in [0.4, 0.5) is 10.1 Å². The van der Waals surface area contributed by atoms with Crippen molar-refractivity contribution in [3.8, 4) is 0 Å².